The molecule has 128 valence electrons. The molecule has 0 atom stereocenters. The van der Waals surface area contributed by atoms with Gasteiger partial charge in [0.15, 0.2) is 0 Å². The van der Waals surface area contributed by atoms with E-state index in [4.69, 9.17) is 4.42 Å². The highest BCUT2D eigenvalue weighted by Gasteiger charge is 2.21. The molecule has 0 amide bonds. The van der Waals surface area contributed by atoms with Crippen LogP contribution in [0.5, 0.6) is 5.75 Å². The molecule has 5 heteroatoms. The number of benzene rings is 2. The van der Waals surface area contributed by atoms with Crippen LogP contribution in [0.4, 0.5) is 5.69 Å². The second-order valence-electron chi connectivity index (χ2n) is 6.52. The molecule has 0 radical (unpaired) electrons. The van der Waals surface area contributed by atoms with Gasteiger partial charge in [-0.2, -0.15) is 0 Å². The lowest BCUT2D eigenvalue weighted by Crippen LogP contribution is -3.13. The zero-order chi connectivity index (χ0) is 17.2. The number of fused-ring (bicyclic) bond motifs is 1. The average molecular weight is 337 g/mol. The van der Waals surface area contributed by atoms with Crippen molar-refractivity contribution in [1.82, 2.24) is 0 Å². The molecule has 0 saturated carbocycles. The fourth-order valence-corrected chi connectivity index (χ4v) is 3.53. The van der Waals surface area contributed by atoms with Gasteiger partial charge in [0.1, 0.15) is 17.9 Å². The van der Waals surface area contributed by atoms with Gasteiger partial charge >= 0.3 is 5.63 Å². The maximum absolute atomic E-state index is 11.8. The minimum atomic E-state index is -0.337. The van der Waals surface area contributed by atoms with Crippen molar-refractivity contribution in [3.05, 3.63) is 70.6 Å². The minimum absolute atomic E-state index is 0.187. The number of hydrogen-bond donors (Lipinski definition) is 2. The summed E-state index contributed by atoms with van der Waals surface area (Å²) in [5.41, 5.74) is 2.39. The molecule has 3 aromatic rings. The summed E-state index contributed by atoms with van der Waals surface area (Å²) in [5, 5.41) is 10.6. The molecule has 4 rings (SSSR count). The van der Waals surface area contributed by atoms with Gasteiger partial charge in [0, 0.05) is 22.7 Å². The third-order valence-corrected chi connectivity index (χ3v) is 4.84. The average Bonchev–Trinajstić information content (AvgIpc) is 2.64. The Morgan fingerprint density at radius 2 is 1.80 bits per heavy atom. The number of quaternary nitrogens is 1. The number of phenolic OH excluding ortho intramolecular Hbond substituents is 1. The van der Waals surface area contributed by atoms with E-state index in [9.17, 15) is 9.90 Å². The Kier molecular flexibility index (Phi) is 4.15. The molecule has 1 aliphatic rings. The largest absolute Gasteiger partial charge is 0.508 e. The van der Waals surface area contributed by atoms with Crippen molar-refractivity contribution in [2.75, 3.05) is 31.1 Å². The molecule has 0 spiro atoms. The molecular weight excluding hydrogens is 316 g/mol. The van der Waals surface area contributed by atoms with Crippen LogP contribution in [0.1, 0.15) is 5.56 Å². The maximum Gasteiger partial charge on any atom is 0.336 e. The van der Waals surface area contributed by atoms with Gasteiger partial charge in [-0.05, 0) is 30.3 Å². The van der Waals surface area contributed by atoms with Crippen molar-refractivity contribution in [3.8, 4) is 5.75 Å². The lowest BCUT2D eigenvalue weighted by molar-refractivity contribution is -0.914. The van der Waals surface area contributed by atoms with E-state index in [0.29, 0.717) is 5.58 Å². The summed E-state index contributed by atoms with van der Waals surface area (Å²) in [6, 6.07) is 16.9. The van der Waals surface area contributed by atoms with Crippen molar-refractivity contribution in [2.45, 2.75) is 6.54 Å². The predicted octanol–water partition coefficient (Wildman–Crippen LogP) is 1.40. The lowest BCUT2D eigenvalue weighted by atomic mass is 10.1. The van der Waals surface area contributed by atoms with Gasteiger partial charge in [0.2, 0.25) is 0 Å². The van der Waals surface area contributed by atoms with Crippen molar-refractivity contribution >= 4 is 16.7 Å². The Balaban J connectivity index is 1.51. The zero-order valence-electron chi connectivity index (χ0n) is 13.9. The zero-order valence-corrected chi connectivity index (χ0v) is 13.9. The molecule has 2 aromatic carbocycles. The molecule has 1 aromatic heterocycles. The number of aromatic hydroxyl groups is 1. The van der Waals surface area contributed by atoms with Crippen LogP contribution in [0, 0.1) is 0 Å². The molecule has 25 heavy (non-hydrogen) atoms. The molecule has 1 fully saturated rings. The van der Waals surface area contributed by atoms with E-state index >= 15 is 0 Å². The Morgan fingerprint density at radius 3 is 2.56 bits per heavy atom. The number of piperazine rings is 1. The number of rotatable bonds is 3. The Morgan fingerprint density at radius 1 is 1.04 bits per heavy atom. The molecule has 1 aliphatic heterocycles. The third-order valence-electron chi connectivity index (χ3n) is 4.84. The number of para-hydroxylation sites is 1. The standard InChI is InChI=1S/C20H20N2O3/c23-17-6-7-19-18(13-17)15(12-20(24)25-19)14-21-8-10-22(11-9-21)16-4-2-1-3-5-16/h1-7,12-13,23H,8-11,14H2/p+1. The first-order chi connectivity index (χ1) is 12.2. The summed E-state index contributed by atoms with van der Waals surface area (Å²) in [5.74, 6) is 0.187. The van der Waals surface area contributed by atoms with E-state index in [0.717, 1.165) is 43.7 Å². The molecule has 0 bridgehead atoms. The number of nitrogens with one attached hydrogen (secondary N) is 1. The van der Waals surface area contributed by atoms with Gasteiger partial charge in [-0.25, -0.2) is 4.79 Å². The van der Waals surface area contributed by atoms with Crippen molar-refractivity contribution in [3.63, 3.8) is 0 Å². The first kappa shape index (κ1) is 15.7. The lowest BCUT2D eigenvalue weighted by Gasteiger charge is -2.33. The van der Waals surface area contributed by atoms with Crippen LogP contribution in [0.25, 0.3) is 11.0 Å². The van der Waals surface area contributed by atoms with Crippen LogP contribution in [-0.4, -0.2) is 31.3 Å². The van der Waals surface area contributed by atoms with Crippen LogP contribution in [0.15, 0.2) is 63.8 Å². The third kappa shape index (κ3) is 3.37. The molecule has 2 heterocycles. The van der Waals surface area contributed by atoms with Crippen molar-refractivity contribution < 1.29 is 14.4 Å². The van der Waals surface area contributed by atoms with E-state index in [2.05, 4.69) is 29.2 Å². The number of hydrogen-bond acceptors (Lipinski definition) is 4. The quantitative estimate of drug-likeness (QED) is 0.710. The fourth-order valence-electron chi connectivity index (χ4n) is 3.53. The number of anilines is 1. The summed E-state index contributed by atoms with van der Waals surface area (Å²) in [7, 11) is 0. The monoisotopic (exact) mass is 337 g/mol. The maximum atomic E-state index is 11.8. The number of nitrogens with zero attached hydrogens (tertiary/aromatic N) is 1. The highest BCUT2D eigenvalue weighted by Crippen LogP contribution is 2.21. The van der Waals surface area contributed by atoms with Gasteiger partial charge in [-0.3, -0.25) is 0 Å². The van der Waals surface area contributed by atoms with Gasteiger partial charge < -0.3 is 19.3 Å². The van der Waals surface area contributed by atoms with Gasteiger partial charge in [0.25, 0.3) is 0 Å². The summed E-state index contributed by atoms with van der Waals surface area (Å²) < 4.78 is 5.24. The first-order valence-electron chi connectivity index (χ1n) is 8.58. The SMILES string of the molecule is O=c1cc(C[NH+]2CCN(c3ccccc3)CC2)c2cc(O)ccc2o1. The fraction of sp³-hybridized carbons (Fsp3) is 0.250. The molecule has 2 N–H and O–H groups in total. The summed E-state index contributed by atoms with van der Waals surface area (Å²) in [6.07, 6.45) is 0. The van der Waals surface area contributed by atoms with Gasteiger partial charge in [-0.1, -0.05) is 18.2 Å². The van der Waals surface area contributed by atoms with Crippen LogP contribution in [0.3, 0.4) is 0 Å². The summed E-state index contributed by atoms with van der Waals surface area (Å²) in [4.78, 5) is 15.6. The Bertz CT molecular complexity index is 929. The van der Waals surface area contributed by atoms with Crippen LogP contribution < -0.4 is 15.4 Å². The summed E-state index contributed by atoms with van der Waals surface area (Å²) in [6.45, 7) is 4.76. The topological polar surface area (TPSA) is 58.1 Å². The van der Waals surface area contributed by atoms with Crippen LogP contribution in [-0.2, 0) is 6.54 Å². The second-order valence-corrected chi connectivity index (χ2v) is 6.52. The van der Waals surface area contributed by atoms with Crippen LogP contribution >= 0.6 is 0 Å². The minimum Gasteiger partial charge on any atom is -0.508 e. The van der Waals surface area contributed by atoms with E-state index in [1.54, 1.807) is 24.3 Å². The van der Waals surface area contributed by atoms with Crippen molar-refractivity contribution in [1.29, 1.82) is 0 Å². The Hall–Kier alpha value is -2.79. The predicted molar refractivity (Wildman–Crippen MR) is 97.2 cm³/mol. The van der Waals surface area contributed by atoms with E-state index in [1.165, 1.54) is 10.6 Å². The first-order valence-corrected chi connectivity index (χ1v) is 8.58. The highest BCUT2D eigenvalue weighted by atomic mass is 16.4. The number of phenols is 1. The second kappa shape index (κ2) is 6.61. The molecular formula is C20H21N2O3+. The highest BCUT2D eigenvalue weighted by molar-refractivity contribution is 5.81. The van der Waals surface area contributed by atoms with Crippen molar-refractivity contribution in [2.24, 2.45) is 0 Å². The molecule has 0 unspecified atom stereocenters. The van der Waals surface area contributed by atoms with Gasteiger partial charge in [-0.15, -0.1) is 0 Å². The van der Waals surface area contributed by atoms with E-state index in [-0.39, 0.29) is 11.4 Å². The normalized spacial score (nSPS) is 15.6. The smallest absolute Gasteiger partial charge is 0.336 e. The van der Waals surface area contributed by atoms with E-state index in [1.807, 2.05) is 6.07 Å². The summed E-state index contributed by atoms with van der Waals surface area (Å²) >= 11 is 0. The molecule has 0 aliphatic carbocycles. The van der Waals surface area contributed by atoms with Crippen LogP contribution in [0.2, 0.25) is 0 Å². The molecule has 5 nitrogen and oxygen atoms in total. The molecule has 1 saturated heterocycles. The van der Waals surface area contributed by atoms with E-state index < -0.39 is 0 Å². The van der Waals surface area contributed by atoms with Gasteiger partial charge in [0.05, 0.1) is 26.2 Å². The Labute approximate surface area is 145 Å².